The molecule has 0 radical (unpaired) electrons. The van der Waals surface area contributed by atoms with Gasteiger partial charge in [-0.05, 0) is 56.6 Å². The summed E-state index contributed by atoms with van der Waals surface area (Å²) in [6, 6.07) is 16.3. The zero-order valence-corrected chi connectivity index (χ0v) is 18.4. The third-order valence-electron chi connectivity index (χ3n) is 5.37. The Bertz CT molecular complexity index is 926. The molecule has 2 aromatic rings. The van der Waals surface area contributed by atoms with Gasteiger partial charge in [-0.2, -0.15) is 0 Å². The van der Waals surface area contributed by atoms with Crippen LogP contribution < -0.4 is 9.62 Å². The van der Waals surface area contributed by atoms with Crippen LogP contribution in [0, 0.1) is 0 Å². The summed E-state index contributed by atoms with van der Waals surface area (Å²) in [5, 5.41) is 2.96. The molecule has 1 fully saturated rings. The summed E-state index contributed by atoms with van der Waals surface area (Å²) < 4.78 is 26.4. The molecule has 1 amide bonds. The number of amides is 1. The number of nitrogens with one attached hydrogen (secondary N) is 1. The van der Waals surface area contributed by atoms with Crippen LogP contribution in [0.3, 0.4) is 0 Å². The molecule has 6 nitrogen and oxygen atoms in total. The Labute approximate surface area is 179 Å². The van der Waals surface area contributed by atoms with Gasteiger partial charge in [0.05, 0.1) is 24.1 Å². The van der Waals surface area contributed by atoms with Crippen LogP contribution >= 0.6 is 0 Å². The average Bonchev–Trinajstić information content (AvgIpc) is 2.75. The van der Waals surface area contributed by atoms with Gasteiger partial charge in [-0.15, -0.1) is 0 Å². The highest BCUT2D eigenvalue weighted by Gasteiger charge is 2.23. The van der Waals surface area contributed by atoms with Crippen molar-refractivity contribution in [2.24, 2.45) is 0 Å². The summed E-state index contributed by atoms with van der Waals surface area (Å²) in [6.45, 7) is 4.00. The summed E-state index contributed by atoms with van der Waals surface area (Å²) in [5.74, 6) is -0.244. The molecule has 30 heavy (non-hydrogen) atoms. The first-order valence-corrected chi connectivity index (χ1v) is 12.4. The fraction of sp³-hybridized carbons (Fsp3) is 0.435. The van der Waals surface area contributed by atoms with Crippen LogP contribution in [0.15, 0.2) is 54.6 Å². The van der Waals surface area contributed by atoms with Crippen LogP contribution in [0.4, 0.5) is 5.69 Å². The standard InChI is InChI=1S/C23H31N3O3S/c1-30(28,29)26(19-20-11-4-2-5-12-20)22-14-7-6-13-21(22)23(27)24-15-10-18-25-16-8-3-9-17-25/h2,4-7,11-14H,3,8-10,15-19H2,1H3,(H,24,27). The molecule has 0 atom stereocenters. The Balaban J connectivity index is 1.68. The first-order valence-electron chi connectivity index (χ1n) is 10.6. The number of nitrogens with zero attached hydrogens (tertiary/aromatic N) is 2. The van der Waals surface area contributed by atoms with Gasteiger partial charge in [0.1, 0.15) is 0 Å². The van der Waals surface area contributed by atoms with Crippen molar-refractivity contribution < 1.29 is 13.2 Å². The molecule has 2 aromatic carbocycles. The van der Waals surface area contributed by atoms with Gasteiger partial charge in [-0.25, -0.2) is 8.42 Å². The zero-order valence-electron chi connectivity index (χ0n) is 17.6. The number of sulfonamides is 1. The maximum absolute atomic E-state index is 12.9. The quantitative estimate of drug-likeness (QED) is 0.621. The van der Waals surface area contributed by atoms with E-state index in [4.69, 9.17) is 0 Å². The van der Waals surface area contributed by atoms with E-state index in [2.05, 4.69) is 10.2 Å². The molecule has 0 aromatic heterocycles. The van der Waals surface area contributed by atoms with E-state index in [0.717, 1.165) is 31.6 Å². The Morgan fingerprint density at radius 1 is 1.00 bits per heavy atom. The van der Waals surface area contributed by atoms with E-state index < -0.39 is 10.0 Å². The van der Waals surface area contributed by atoms with E-state index in [-0.39, 0.29) is 12.5 Å². The van der Waals surface area contributed by atoms with Crippen LogP contribution in [0.25, 0.3) is 0 Å². The first kappa shape index (κ1) is 22.3. The molecule has 0 unspecified atom stereocenters. The third-order valence-corrected chi connectivity index (χ3v) is 6.50. The second-order valence-electron chi connectivity index (χ2n) is 7.78. The molecule has 1 saturated heterocycles. The summed E-state index contributed by atoms with van der Waals surface area (Å²) in [6.07, 6.45) is 5.87. The molecular formula is C23H31N3O3S. The molecule has 162 valence electrons. The number of benzene rings is 2. The number of anilines is 1. The summed E-state index contributed by atoms with van der Waals surface area (Å²) in [4.78, 5) is 15.3. The van der Waals surface area contributed by atoms with Gasteiger partial charge < -0.3 is 10.2 Å². The number of para-hydroxylation sites is 1. The third kappa shape index (κ3) is 6.31. The van der Waals surface area contributed by atoms with E-state index in [0.29, 0.717) is 17.8 Å². The Morgan fingerprint density at radius 3 is 2.37 bits per heavy atom. The molecule has 1 N–H and O–H groups in total. The Kier molecular flexibility index (Phi) is 7.87. The normalized spacial score (nSPS) is 15.0. The summed E-state index contributed by atoms with van der Waals surface area (Å²) >= 11 is 0. The molecule has 1 aliphatic rings. The summed E-state index contributed by atoms with van der Waals surface area (Å²) in [5.41, 5.74) is 1.63. The number of rotatable bonds is 9. The van der Waals surface area contributed by atoms with Crippen molar-refractivity contribution in [2.45, 2.75) is 32.2 Å². The average molecular weight is 430 g/mol. The second-order valence-corrected chi connectivity index (χ2v) is 9.69. The molecule has 1 heterocycles. The Hall–Kier alpha value is -2.38. The number of piperidine rings is 1. The molecular weight excluding hydrogens is 398 g/mol. The van der Waals surface area contributed by atoms with Gasteiger partial charge in [0.15, 0.2) is 0 Å². The fourth-order valence-corrected chi connectivity index (χ4v) is 4.70. The monoisotopic (exact) mass is 429 g/mol. The number of hydrogen-bond acceptors (Lipinski definition) is 4. The summed E-state index contributed by atoms with van der Waals surface area (Å²) in [7, 11) is -3.57. The number of carbonyl (C=O) groups is 1. The van der Waals surface area contributed by atoms with Crippen LogP contribution in [-0.2, 0) is 16.6 Å². The van der Waals surface area contributed by atoms with Crippen molar-refractivity contribution in [3.63, 3.8) is 0 Å². The van der Waals surface area contributed by atoms with Gasteiger partial charge in [-0.1, -0.05) is 48.9 Å². The van der Waals surface area contributed by atoms with Crippen molar-refractivity contribution in [2.75, 3.05) is 36.7 Å². The zero-order chi connectivity index (χ0) is 21.4. The highest BCUT2D eigenvalue weighted by Crippen LogP contribution is 2.25. The predicted molar refractivity (Wildman–Crippen MR) is 121 cm³/mol. The minimum Gasteiger partial charge on any atom is -0.352 e. The van der Waals surface area contributed by atoms with Crippen molar-refractivity contribution in [1.29, 1.82) is 0 Å². The lowest BCUT2D eigenvalue weighted by Crippen LogP contribution is -2.34. The predicted octanol–water partition coefficient (Wildman–Crippen LogP) is 3.26. The van der Waals surface area contributed by atoms with Crippen molar-refractivity contribution in [3.05, 3.63) is 65.7 Å². The molecule has 0 saturated carbocycles. The van der Waals surface area contributed by atoms with Crippen LogP contribution in [0.2, 0.25) is 0 Å². The number of hydrogen-bond donors (Lipinski definition) is 1. The molecule has 0 aliphatic carbocycles. The molecule has 3 rings (SSSR count). The van der Waals surface area contributed by atoms with E-state index in [9.17, 15) is 13.2 Å². The smallest absolute Gasteiger partial charge is 0.253 e. The fourth-order valence-electron chi connectivity index (χ4n) is 3.80. The van der Waals surface area contributed by atoms with Gasteiger partial charge in [-0.3, -0.25) is 9.10 Å². The minimum absolute atomic E-state index is 0.179. The lowest BCUT2D eigenvalue weighted by molar-refractivity contribution is 0.0951. The van der Waals surface area contributed by atoms with E-state index >= 15 is 0 Å². The topological polar surface area (TPSA) is 69.7 Å². The maximum Gasteiger partial charge on any atom is 0.253 e. The number of likely N-dealkylation sites (tertiary alicyclic amines) is 1. The van der Waals surface area contributed by atoms with Crippen molar-refractivity contribution in [1.82, 2.24) is 10.2 Å². The minimum atomic E-state index is -3.57. The van der Waals surface area contributed by atoms with Gasteiger partial charge in [0.25, 0.3) is 5.91 Å². The highest BCUT2D eigenvalue weighted by atomic mass is 32.2. The van der Waals surface area contributed by atoms with Crippen molar-refractivity contribution in [3.8, 4) is 0 Å². The van der Waals surface area contributed by atoms with Gasteiger partial charge >= 0.3 is 0 Å². The first-order chi connectivity index (χ1) is 14.4. The molecule has 0 bridgehead atoms. The maximum atomic E-state index is 12.9. The molecule has 0 spiro atoms. The lowest BCUT2D eigenvalue weighted by atomic mass is 10.1. The largest absolute Gasteiger partial charge is 0.352 e. The molecule has 7 heteroatoms. The van der Waals surface area contributed by atoms with Crippen LogP contribution in [-0.4, -0.2) is 51.7 Å². The van der Waals surface area contributed by atoms with Gasteiger partial charge in [0, 0.05) is 6.54 Å². The Morgan fingerprint density at radius 2 is 1.67 bits per heavy atom. The second kappa shape index (κ2) is 10.6. The van der Waals surface area contributed by atoms with Crippen LogP contribution in [0.1, 0.15) is 41.6 Å². The SMILES string of the molecule is CS(=O)(=O)N(Cc1ccccc1)c1ccccc1C(=O)NCCCN1CCCCC1. The number of carbonyl (C=O) groups excluding carboxylic acids is 1. The van der Waals surface area contributed by atoms with E-state index in [1.807, 2.05) is 30.3 Å². The van der Waals surface area contributed by atoms with E-state index in [1.165, 1.54) is 29.8 Å². The highest BCUT2D eigenvalue weighted by molar-refractivity contribution is 7.92. The van der Waals surface area contributed by atoms with Crippen molar-refractivity contribution >= 4 is 21.6 Å². The lowest BCUT2D eigenvalue weighted by Gasteiger charge is -2.26. The molecule has 1 aliphatic heterocycles. The van der Waals surface area contributed by atoms with Gasteiger partial charge in [0.2, 0.25) is 10.0 Å². The van der Waals surface area contributed by atoms with Crippen LogP contribution in [0.5, 0.6) is 0 Å². The van der Waals surface area contributed by atoms with E-state index in [1.54, 1.807) is 24.3 Å².